The first-order chi connectivity index (χ1) is 6.22. The largest absolute Gasteiger partial charge is 0.330 e. The Kier molecular flexibility index (Phi) is 2.12. The predicted octanol–water partition coefficient (Wildman–Crippen LogP) is 2.23. The van der Waals surface area contributed by atoms with Crippen molar-refractivity contribution < 1.29 is 0 Å². The van der Waals surface area contributed by atoms with Gasteiger partial charge in [0.1, 0.15) is 0 Å². The van der Waals surface area contributed by atoms with Crippen molar-refractivity contribution in [1.82, 2.24) is 0 Å². The van der Waals surface area contributed by atoms with Crippen molar-refractivity contribution in [2.45, 2.75) is 26.2 Å². The summed E-state index contributed by atoms with van der Waals surface area (Å²) in [7, 11) is 0. The van der Waals surface area contributed by atoms with Crippen LogP contribution in [-0.2, 0) is 6.42 Å². The van der Waals surface area contributed by atoms with Gasteiger partial charge < -0.3 is 5.73 Å². The Labute approximate surface area is 80.0 Å². The first-order valence-electron chi connectivity index (χ1n) is 5.02. The molecule has 0 fully saturated rings. The number of hydrogen-bond acceptors (Lipinski definition) is 1. The van der Waals surface area contributed by atoms with Gasteiger partial charge in [0.05, 0.1) is 0 Å². The molecule has 2 atom stereocenters. The summed E-state index contributed by atoms with van der Waals surface area (Å²) in [5.74, 6) is 1.32. The monoisotopic (exact) mass is 175 g/mol. The summed E-state index contributed by atoms with van der Waals surface area (Å²) < 4.78 is 0. The van der Waals surface area contributed by atoms with Crippen LogP contribution in [0.15, 0.2) is 18.2 Å². The predicted molar refractivity (Wildman–Crippen MR) is 55.8 cm³/mol. The smallest absolute Gasteiger partial charge is 0.000545 e. The minimum absolute atomic E-state index is 0.592. The van der Waals surface area contributed by atoms with Crippen LogP contribution in [0.5, 0.6) is 0 Å². The molecule has 0 spiro atoms. The van der Waals surface area contributed by atoms with Crippen LogP contribution >= 0.6 is 0 Å². The van der Waals surface area contributed by atoms with Gasteiger partial charge in [-0.3, -0.25) is 0 Å². The summed E-state index contributed by atoms with van der Waals surface area (Å²) >= 11 is 0. The molecule has 13 heavy (non-hydrogen) atoms. The van der Waals surface area contributed by atoms with Gasteiger partial charge in [-0.2, -0.15) is 0 Å². The minimum Gasteiger partial charge on any atom is -0.330 e. The molecule has 0 saturated heterocycles. The van der Waals surface area contributed by atoms with Gasteiger partial charge in [0.15, 0.2) is 0 Å². The molecule has 1 aliphatic carbocycles. The lowest BCUT2D eigenvalue weighted by Crippen LogP contribution is -2.15. The first-order valence-corrected chi connectivity index (χ1v) is 5.02. The molecule has 0 bridgehead atoms. The van der Waals surface area contributed by atoms with E-state index in [-0.39, 0.29) is 0 Å². The van der Waals surface area contributed by atoms with Crippen molar-refractivity contribution in [2.75, 3.05) is 6.54 Å². The summed E-state index contributed by atoms with van der Waals surface area (Å²) in [5.41, 5.74) is 10.1. The van der Waals surface area contributed by atoms with Crippen LogP contribution in [0.4, 0.5) is 0 Å². The highest BCUT2D eigenvalue weighted by atomic mass is 14.6. The van der Waals surface area contributed by atoms with Gasteiger partial charge in [0, 0.05) is 0 Å². The van der Waals surface area contributed by atoms with Crippen LogP contribution in [0.2, 0.25) is 0 Å². The highest BCUT2D eigenvalue weighted by Crippen LogP contribution is 2.37. The second-order valence-corrected chi connectivity index (χ2v) is 4.23. The molecular formula is C12H17N. The topological polar surface area (TPSA) is 26.0 Å². The van der Waals surface area contributed by atoms with E-state index in [9.17, 15) is 0 Å². The molecule has 0 aromatic heterocycles. The van der Waals surface area contributed by atoms with Gasteiger partial charge in [0.2, 0.25) is 0 Å². The van der Waals surface area contributed by atoms with E-state index in [1.807, 2.05) is 0 Å². The summed E-state index contributed by atoms with van der Waals surface area (Å²) in [6, 6.07) is 6.76. The lowest BCUT2D eigenvalue weighted by atomic mass is 9.94. The molecule has 2 rings (SSSR count). The number of nitrogens with two attached hydrogens (primary N) is 1. The van der Waals surface area contributed by atoms with E-state index in [1.54, 1.807) is 0 Å². The molecule has 0 radical (unpaired) electrons. The maximum Gasteiger partial charge on any atom is -0.000545 e. The number of rotatable bonds is 1. The van der Waals surface area contributed by atoms with E-state index in [0.717, 1.165) is 12.5 Å². The van der Waals surface area contributed by atoms with Crippen LogP contribution in [0.25, 0.3) is 0 Å². The molecule has 1 nitrogen and oxygen atoms in total. The molecule has 0 saturated carbocycles. The van der Waals surface area contributed by atoms with E-state index >= 15 is 0 Å². The maximum atomic E-state index is 5.79. The summed E-state index contributed by atoms with van der Waals surface area (Å²) in [6.45, 7) is 5.24. The number of benzene rings is 1. The van der Waals surface area contributed by atoms with Gasteiger partial charge in [-0.05, 0) is 42.9 Å². The zero-order valence-corrected chi connectivity index (χ0v) is 8.38. The van der Waals surface area contributed by atoms with Crippen molar-refractivity contribution in [1.29, 1.82) is 0 Å². The Bertz CT molecular complexity index is 317. The Morgan fingerprint density at radius 1 is 1.46 bits per heavy atom. The number of aryl methyl sites for hydroxylation is 1. The second kappa shape index (κ2) is 3.15. The van der Waals surface area contributed by atoms with E-state index < -0.39 is 0 Å². The summed E-state index contributed by atoms with van der Waals surface area (Å²) in [5, 5.41) is 0. The van der Waals surface area contributed by atoms with Crippen LogP contribution in [0.3, 0.4) is 0 Å². The normalized spacial score (nSPS) is 26.1. The summed E-state index contributed by atoms with van der Waals surface area (Å²) in [4.78, 5) is 0. The fraction of sp³-hybridized carbons (Fsp3) is 0.500. The van der Waals surface area contributed by atoms with Crippen LogP contribution in [0.1, 0.15) is 29.5 Å². The average Bonchev–Trinajstić information content (AvgIpc) is 2.40. The molecule has 0 aliphatic heterocycles. The lowest BCUT2D eigenvalue weighted by Gasteiger charge is -2.13. The number of fused-ring (bicyclic) bond motifs is 1. The zero-order valence-electron chi connectivity index (χ0n) is 8.38. The van der Waals surface area contributed by atoms with Gasteiger partial charge in [0.25, 0.3) is 0 Å². The minimum atomic E-state index is 0.592. The molecule has 1 aliphatic rings. The summed E-state index contributed by atoms with van der Waals surface area (Å²) in [6.07, 6.45) is 1.21. The van der Waals surface area contributed by atoms with Gasteiger partial charge in [-0.15, -0.1) is 0 Å². The molecule has 1 aromatic carbocycles. The van der Waals surface area contributed by atoms with Crippen molar-refractivity contribution in [3.05, 3.63) is 34.9 Å². The van der Waals surface area contributed by atoms with Crippen LogP contribution in [0, 0.1) is 12.8 Å². The van der Waals surface area contributed by atoms with E-state index in [2.05, 4.69) is 32.0 Å². The van der Waals surface area contributed by atoms with Crippen molar-refractivity contribution in [2.24, 2.45) is 11.7 Å². The molecule has 70 valence electrons. The highest BCUT2D eigenvalue weighted by Gasteiger charge is 2.27. The maximum absolute atomic E-state index is 5.79. The molecule has 0 heterocycles. The van der Waals surface area contributed by atoms with Gasteiger partial charge >= 0.3 is 0 Å². The van der Waals surface area contributed by atoms with Crippen molar-refractivity contribution in [3.8, 4) is 0 Å². The van der Waals surface area contributed by atoms with Crippen LogP contribution in [-0.4, -0.2) is 6.54 Å². The second-order valence-electron chi connectivity index (χ2n) is 4.23. The Morgan fingerprint density at radius 2 is 2.23 bits per heavy atom. The van der Waals surface area contributed by atoms with E-state index in [4.69, 9.17) is 5.73 Å². The molecular weight excluding hydrogens is 158 g/mol. The van der Waals surface area contributed by atoms with Crippen LogP contribution < -0.4 is 5.73 Å². The molecule has 2 unspecified atom stereocenters. The molecule has 1 heteroatoms. The molecule has 0 amide bonds. The third kappa shape index (κ3) is 1.37. The van der Waals surface area contributed by atoms with E-state index in [1.165, 1.54) is 23.1 Å². The van der Waals surface area contributed by atoms with Gasteiger partial charge in [-0.1, -0.05) is 30.7 Å². The number of hydrogen-bond donors (Lipinski definition) is 1. The third-order valence-corrected chi connectivity index (χ3v) is 3.18. The average molecular weight is 175 g/mol. The Hall–Kier alpha value is -0.820. The Balaban J connectivity index is 2.44. The van der Waals surface area contributed by atoms with Crippen molar-refractivity contribution in [3.63, 3.8) is 0 Å². The highest BCUT2D eigenvalue weighted by molar-refractivity contribution is 5.39. The SMILES string of the molecule is Cc1ccc2c(c1)C(CN)C(C)C2. The fourth-order valence-electron chi connectivity index (χ4n) is 2.40. The quantitative estimate of drug-likeness (QED) is 0.696. The first kappa shape index (κ1) is 8.76. The lowest BCUT2D eigenvalue weighted by molar-refractivity contribution is 0.506. The van der Waals surface area contributed by atoms with Crippen molar-refractivity contribution >= 4 is 0 Å². The van der Waals surface area contributed by atoms with Gasteiger partial charge in [-0.25, -0.2) is 0 Å². The Morgan fingerprint density at radius 3 is 2.92 bits per heavy atom. The zero-order chi connectivity index (χ0) is 9.42. The van der Waals surface area contributed by atoms with E-state index in [0.29, 0.717) is 5.92 Å². The standard InChI is InChI=1S/C12H17N/c1-8-3-4-10-6-9(2)12(7-13)11(10)5-8/h3-5,9,12H,6-7,13H2,1-2H3. The third-order valence-electron chi connectivity index (χ3n) is 3.18. The fourth-order valence-corrected chi connectivity index (χ4v) is 2.40. The molecule has 1 aromatic rings. The molecule has 2 N–H and O–H groups in total.